The van der Waals surface area contributed by atoms with Crippen molar-refractivity contribution < 1.29 is 14.5 Å². The van der Waals surface area contributed by atoms with Gasteiger partial charge in [-0.15, -0.1) is 0 Å². The van der Waals surface area contributed by atoms with Gasteiger partial charge in [0.05, 0.1) is 16.8 Å². The van der Waals surface area contributed by atoms with Gasteiger partial charge in [0.25, 0.3) is 5.69 Å². The largest absolute Gasteiger partial charge is 0.296 e. The Labute approximate surface area is 102 Å². The van der Waals surface area contributed by atoms with Crippen LogP contribution in [0.5, 0.6) is 0 Å². The minimum Gasteiger partial charge on any atom is -0.296 e. The molecule has 1 saturated heterocycles. The number of rotatable bonds is 2. The number of hydrogen-bond acceptors (Lipinski definition) is 4. The molecule has 1 saturated carbocycles. The van der Waals surface area contributed by atoms with Crippen molar-refractivity contribution in [2.45, 2.75) is 12.3 Å². The van der Waals surface area contributed by atoms with Crippen LogP contribution in [-0.2, 0) is 15.0 Å². The van der Waals surface area contributed by atoms with Crippen LogP contribution in [0.4, 0.5) is 5.69 Å². The first-order valence-electron chi connectivity index (χ1n) is 5.56. The topological polar surface area (TPSA) is 89.3 Å². The predicted octanol–water partition coefficient (Wildman–Crippen LogP) is 0.755. The van der Waals surface area contributed by atoms with E-state index < -0.39 is 10.3 Å². The normalized spacial score (nSPS) is 32.9. The molecule has 18 heavy (non-hydrogen) atoms. The van der Waals surface area contributed by atoms with Crippen LogP contribution in [0.3, 0.4) is 0 Å². The molecule has 1 aliphatic heterocycles. The molecule has 3 rings (SSSR count). The predicted molar refractivity (Wildman–Crippen MR) is 60.6 cm³/mol. The number of carbonyl (C=O) groups excluding carboxylic acids is 2. The summed E-state index contributed by atoms with van der Waals surface area (Å²) in [6.07, 6.45) is 0. The fourth-order valence-corrected chi connectivity index (χ4v) is 2.95. The van der Waals surface area contributed by atoms with E-state index in [0.29, 0.717) is 5.56 Å². The van der Waals surface area contributed by atoms with Gasteiger partial charge in [-0.05, 0) is 5.56 Å². The van der Waals surface area contributed by atoms with E-state index >= 15 is 0 Å². The van der Waals surface area contributed by atoms with Crippen molar-refractivity contribution in [2.75, 3.05) is 0 Å². The maximum absolute atomic E-state index is 11.6. The zero-order valence-electron chi connectivity index (χ0n) is 9.54. The van der Waals surface area contributed by atoms with Crippen LogP contribution >= 0.6 is 0 Å². The summed E-state index contributed by atoms with van der Waals surface area (Å²) in [5, 5.41) is 13.0. The number of nitro groups is 1. The monoisotopic (exact) mass is 246 g/mol. The Bertz CT molecular complexity index is 575. The molecule has 0 radical (unpaired) electrons. The second-order valence-corrected chi connectivity index (χ2v) is 4.90. The van der Waals surface area contributed by atoms with Crippen molar-refractivity contribution in [2.24, 2.45) is 11.8 Å². The summed E-state index contributed by atoms with van der Waals surface area (Å²) in [6.45, 7) is 1.80. The minimum atomic E-state index is -0.592. The van der Waals surface area contributed by atoms with Crippen LogP contribution in [0.2, 0.25) is 0 Å². The van der Waals surface area contributed by atoms with Gasteiger partial charge in [0.1, 0.15) is 0 Å². The number of carbonyl (C=O) groups is 2. The van der Waals surface area contributed by atoms with Crippen LogP contribution in [0, 0.1) is 22.0 Å². The molecule has 92 valence electrons. The molecule has 1 heterocycles. The first-order chi connectivity index (χ1) is 8.46. The van der Waals surface area contributed by atoms with Gasteiger partial charge < -0.3 is 0 Å². The van der Waals surface area contributed by atoms with E-state index in [-0.39, 0.29) is 29.3 Å². The Morgan fingerprint density at radius 2 is 1.89 bits per heavy atom. The van der Waals surface area contributed by atoms with Crippen molar-refractivity contribution in [3.8, 4) is 0 Å². The summed E-state index contributed by atoms with van der Waals surface area (Å²) >= 11 is 0. The number of nitrogens with zero attached hydrogens (tertiary/aromatic N) is 1. The standard InChI is InChI=1S/C12H10N2O4/c1-12(8-9(12)11(16)13-10(8)15)6-3-2-4-7(5-6)14(17)18/h2-5,8-9H,1H3,(H,13,15,16)/t8-,9+,12?. The SMILES string of the molecule is CC1(c2cccc([N+](=O)[O-])c2)[C@@H]2C(=O)NC(=O)[C@@H]21. The second kappa shape index (κ2) is 3.16. The Balaban J connectivity index is 2.02. The first kappa shape index (κ1) is 10.9. The van der Waals surface area contributed by atoms with Crippen molar-refractivity contribution in [3.63, 3.8) is 0 Å². The van der Waals surface area contributed by atoms with Gasteiger partial charge in [0.2, 0.25) is 11.8 Å². The highest BCUT2D eigenvalue weighted by Gasteiger charge is 2.73. The number of amides is 2. The van der Waals surface area contributed by atoms with Crippen LogP contribution in [0.25, 0.3) is 0 Å². The highest BCUT2D eigenvalue weighted by Crippen LogP contribution is 2.62. The lowest BCUT2D eigenvalue weighted by Crippen LogP contribution is -2.32. The smallest absolute Gasteiger partial charge is 0.269 e. The van der Waals surface area contributed by atoms with E-state index in [0.717, 1.165) is 0 Å². The van der Waals surface area contributed by atoms with E-state index in [2.05, 4.69) is 5.32 Å². The number of nitrogens with one attached hydrogen (secondary N) is 1. The number of non-ortho nitro benzene ring substituents is 1. The van der Waals surface area contributed by atoms with Gasteiger partial charge in [-0.2, -0.15) is 0 Å². The maximum atomic E-state index is 11.6. The summed E-state index contributed by atoms with van der Waals surface area (Å²) in [4.78, 5) is 33.4. The van der Waals surface area contributed by atoms with Crippen LogP contribution in [-0.4, -0.2) is 16.7 Å². The van der Waals surface area contributed by atoms with Gasteiger partial charge >= 0.3 is 0 Å². The third-order valence-corrected chi connectivity index (χ3v) is 4.01. The van der Waals surface area contributed by atoms with Crippen LogP contribution in [0.15, 0.2) is 24.3 Å². The molecule has 6 nitrogen and oxygen atoms in total. The van der Waals surface area contributed by atoms with E-state index in [4.69, 9.17) is 0 Å². The molecule has 1 aromatic rings. The number of benzene rings is 1. The van der Waals surface area contributed by atoms with Gasteiger partial charge in [-0.25, -0.2) is 0 Å². The Morgan fingerprint density at radius 3 is 2.44 bits per heavy atom. The van der Waals surface area contributed by atoms with Crippen molar-refractivity contribution >= 4 is 17.5 Å². The molecule has 2 aliphatic rings. The summed E-state index contributed by atoms with van der Waals surface area (Å²) in [5.41, 5.74) is 0.0623. The lowest BCUT2D eigenvalue weighted by molar-refractivity contribution is -0.384. The molecule has 0 aromatic heterocycles. The van der Waals surface area contributed by atoms with Gasteiger partial charge in [-0.3, -0.25) is 25.0 Å². The molecule has 0 spiro atoms. The summed E-state index contributed by atoms with van der Waals surface area (Å²) in [6, 6.07) is 6.15. The first-order valence-corrected chi connectivity index (χ1v) is 5.56. The fourth-order valence-electron chi connectivity index (χ4n) is 2.95. The van der Waals surface area contributed by atoms with Crippen molar-refractivity contribution in [1.82, 2.24) is 5.32 Å². The molecule has 1 N–H and O–H groups in total. The molecule has 1 unspecified atom stereocenters. The fraction of sp³-hybridized carbons (Fsp3) is 0.333. The number of piperidine rings is 1. The van der Waals surface area contributed by atoms with Crippen LogP contribution in [0.1, 0.15) is 12.5 Å². The molecule has 6 heteroatoms. The van der Waals surface area contributed by atoms with Gasteiger partial charge in [-0.1, -0.05) is 19.1 Å². The molecular formula is C12H10N2O4. The third-order valence-electron chi connectivity index (χ3n) is 4.01. The van der Waals surface area contributed by atoms with Gasteiger partial charge in [0, 0.05) is 17.5 Å². The summed E-state index contributed by atoms with van der Waals surface area (Å²) in [5.74, 6) is -1.32. The molecule has 0 bridgehead atoms. The Hall–Kier alpha value is -2.24. The molecule has 1 aromatic carbocycles. The zero-order valence-corrected chi connectivity index (χ0v) is 9.54. The quantitative estimate of drug-likeness (QED) is 0.474. The number of nitro benzene ring substituents is 1. The lowest BCUT2D eigenvalue weighted by Gasteiger charge is -2.14. The minimum absolute atomic E-state index is 0.0217. The second-order valence-electron chi connectivity index (χ2n) is 4.90. The van der Waals surface area contributed by atoms with Crippen molar-refractivity contribution in [1.29, 1.82) is 0 Å². The lowest BCUT2D eigenvalue weighted by atomic mass is 9.92. The van der Waals surface area contributed by atoms with E-state index in [1.54, 1.807) is 19.1 Å². The Kier molecular flexibility index (Phi) is 1.91. The van der Waals surface area contributed by atoms with E-state index in [9.17, 15) is 19.7 Å². The van der Waals surface area contributed by atoms with E-state index in [1.807, 2.05) is 0 Å². The highest BCUT2D eigenvalue weighted by atomic mass is 16.6. The van der Waals surface area contributed by atoms with Crippen LogP contribution < -0.4 is 5.32 Å². The van der Waals surface area contributed by atoms with E-state index in [1.165, 1.54) is 12.1 Å². The summed E-state index contributed by atoms with van der Waals surface area (Å²) < 4.78 is 0. The molecule has 2 fully saturated rings. The van der Waals surface area contributed by atoms with Gasteiger partial charge in [0.15, 0.2) is 0 Å². The molecule has 2 amide bonds. The molecule has 1 aliphatic carbocycles. The average Bonchev–Trinajstić information content (AvgIpc) is 2.85. The number of hydrogen-bond donors (Lipinski definition) is 1. The number of imide groups is 1. The molecule has 3 atom stereocenters. The zero-order chi connectivity index (χ0) is 13.1. The summed E-state index contributed by atoms with van der Waals surface area (Å²) in [7, 11) is 0. The molecular weight excluding hydrogens is 236 g/mol. The number of fused-ring (bicyclic) bond motifs is 1. The van der Waals surface area contributed by atoms with Crippen molar-refractivity contribution in [3.05, 3.63) is 39.9 Å². The highest BCUT2D eigenvalue weighted by molar-refractivity contribution is 6.11. The maximum Gasteiger partial charge on any atom is 0.269 e. The third kappa shape index (κ3) is 1.17. The Morgan fingerprint density at radius 1 is 1.28 bits per heavy atom. The average molecular weight is 246 g/mol.